The van der Waals surface area contributed by atoms with E-state index in [0.717, 1.165) is 22.4 Å². The molecule has 0 saturated carbocycles. The van der Waals surface area contributed by atoms with Crippen molar-refractivity contribution in [1.29, 1.82) is 0 Å². The zero-order chi connectivity index (χ0) is 18.2. The van der Waals surface area contributed by atoms with Gasteiger partial charge in [0.15, 0.2) is 0 Å². The number of nitrogens with one attached hydrogen (secondary N) is 1. The predicted molar refractivity (Wildman–Crippen MR) is 103 cm³/mol. The molecule has 2 aromatic heterocycles. The second kappa shape index (κ2) is 6.65. The molecule has 0 unspecified atom stereocenters. The lowest BCUT2D eigenvalue weighted by atomic mass is 10.1. The van der Waals surface area contributed by atoms with Crippen LogP contribution in [0, 0.1) is 13.8 Å². The van der Waals surface area contributed by atoms with E-state index in [0.29, 0.717) is 9.90 Å². The average Bonchev–Trinajstić information content (AvgIpc) is 3.20. The summed E-state index contributed by atoms with van der Waals surface area (Å²) in [4.78, 5) is 0. The van der Waals surface area contributed by atoms with Gasteiger partial charge in [-0.2, -0.15) is 5.10 Å². The van der Waals surface area contributed by atoms with E-state index in [1.165, 1.54) is 11.3 Å². The summed E-state index contributed by atoms with van der Waals surface area (Å²) in [5.74, 6) is 0. The number of hydrogen-bond donors (Lipinski definition) is 1. The van der Waals surface area contributed by atoms with Crippen molar-refractivity contribution < 1.29 is 8.42 Å². The van der Waals surface area contributed by atoms with Crippen LogP contribution < -0.4 is 4.72 Å². The summed E-state index contributed by atoms with van der Waals surface area (Å²) in [6, 6.07) is 9.40. The number of rotatable bonds is 5. The first kappa shape index (κ1) is 17.7. The van der Waals surface area contributed by atoms with Crippen LogP contribution in [0.1, 0.15) is 31.0 Å². The van der Waals surface area contributed by atoms with E-state index < -0.39 is 10.0 Å². The summed E-state index contributed by atoms with van der Waals surface area (Å²) in [6.45, 7) is 7.96. The van der Waals surface area contributed by atoms with Gasteiger partial charge in [-0.15, -0.1) is 11.3 Å². The maximum absolute atomic E-state index is 12.7. The molecule has 25 heavy (non-hydrogen) atoms. The van der Waals surface area contributed by atoms with Crippen LogP contribution >= 0.6 is 11.3 Å². The highest BCUT2D eigenvalue weighted by molar-refractivity contribution is 7.94. The minimum Gasteiger partial charge on any atom is -0.279 e. The monoisotopic (exact) mass is 375 g/mol. The summed E-state index contributed by atoms with van der Waals surface area (Å²) in [6.07, 6.45) is 1.73. The molecule has 0 spiro atoms. The zero-order valence-corrected chi connectivity index (χ0v) is 16.3. The molecule has 0 saturated heterocycles. The van der Waals surface area contributed by atoms with Gasteiger partial charge < -0.3 is 0 Å². The summed E-state index contributed by atoms with van der Waals surface area (Å²) in [5.41, 5.74) is 4.37. The van der Waals surface area contributed by atoms with Crippen LogP contribution in [0.2, 0.25) is 0 Å². The highest BCUT2D eigenvalue weighted by Crippen LogP contribution is 2.31. The van der Waals surface area contributed by atoms with Crippen molar-refractivity contribution in [2.75, 3.05) is 4.72 Å². The second-order valence-electron chi connectivity index (χ2n) is 6.26. The van der Waals surface area contributed by atoms with Gasteiger partial charge in [0.2, 0.25) is 0 Å². The van der Waals surface area contributed by atoms with Crippen LogP contribution in [-0.2, 0) is 10.0 Å². The molecule has 1 N–H and O–H groups in total. The molecule has 5 nitrogen and oxygen atoms in total. The average molecular weight is 376 g/mol. The fraction of sp³-hybridized carbons (Fsp3) is 0.278. The van der Waals surface area contributed by atoms with E-state index in [9.17, 15) is 8.42 Å². The molecule has 0 aliphatic carbocycles. The third-order valence-electron chi connectivity index (χ3n) is 4.14. The topological polar surface area (TPSA) is 64.0 Å². The van der Waals surface area contributed by atoms with Crippen molar-refractivity contribution in [3.05, 3.63) is 53.0 Å². The minimum atomic E-state index is -3.62. The Labute approximate surface area is 152 Å². The molecule has 7 heteroatoms. The molecule has 0 radical (unpaired) electrons. The molecule has 0 aliphatic heterocycles. The van der Waals surface area contributed by atoms with Gasteiger partial charge in [0.05, 0.1) is 11.4 Å². The van der Waals surface area contributed by atoms with Crippen molar-refractivity contribution in [2.24, 2.45) is 0 Å². The zero-order valence-electron chi connectivity index (χ0n) is 14.6. The molecule has 0 aliphatic rings. The third-order valence-corrected chi connectivity index (χ3v) is 6.95. The lowest BCUT2D eigenvalue weighted by Gasteiger charge is -2.11. The van der Waals surface area contributed by atoms with Gasteiger partial charge in [-0.05, 0) is 57.0 Å². The summed E-state index contributed by atoms with van der Waals surface area (Å²) in [7, 11) is -3.62. The van der Waals surface area contributed by atoms with Gasteiger partial charge in [0, 0.05) is 23.2 Å². The highest BCUT2D eigenvalue weighted by atomic mass is 32.2. The van der Waals surface area contributed by atoms with Crippen molar-refractivity contribution in [1.82, 2.24) is 9.78 Å². The molecule has 0 atom stereocenters. The summed E-state index contributed by atoms with van der Waals surface area (Å²) in [5, 5.41) is 6.16. The van der Waals surface area contributed by atoms with E-state index in [1.54, 1.807) is 18.3 Å². The first-order valence-electron chi connectivity index (χ1n) is 8.01. The Bertz CT molecular complexity index is 1000. The lowest BCUT2D eigenvalue weighted by molar-refractivity contribution is 0.538. The van der Waals surface area contributed by atoms with Gasteiger partial charge in [-0.3, -0.25) is 9.40 Å². The van der Waals surface area contributed by atoms with Crippen molar-refractivity contribution >= 4 is 27.0 Å². The van der Waals surface area contributed by atoms with Gasteiger partial charge in [0.1, 0.15) is 4.21 Å². The molecule has 2 heterocycles. The number of thiophene rings is 1. The highest BCUT2D eigenvalue weighted by Gasteiger charge is 2.20. The number of nitrogens with zero attached hydrogens (tertiary/aromatic N) is 2. The fourth-order valence-electron chi connectivity index (χ4n) is 2.60. The maximum Gasteiger partial charge on any atom is 0.271 e. The van der Waals surface area contributed by atoms with Crippen LogP contribution in [0.3, 0.4) is 0 Å². The van der Waals surface area contributed by atoms with Gasteiger partial charge >= 0.3 is 0 Å². The van der Waals surface area contributed by atoms with Crippen LogP contribution in [-0.4, -0.2) is 18.2 Å². The van der Waals surface area contributed by atoms with E-state index in [1.807, 2.05) is 56.0 Å². The first-order chi connectivity index (χ1) is 11.8. The molecule has 0 amide bonds. The molecule has 0 fully saturated rings. The molecule has 3 rings (SSSR count). The molecule has 3 aromatic rings. The van der Waals surface area contributed by atoms with E-state index in [-0.39, 0.29) is 6.04 Å². The predicted octanol–water partition coefficient (Wildman–Crippen LogP) is 4.61. The number of anilines is 1. The smallest absolute Gasteiger partial charge is 0.271 e. The SMILES string of the molecule is Cc1cccc(NS(=O)(=O)c2cc(-c3ccnn3C(C)C)cs2)c1C. The Hall–Kier alpha value is -2.12. The first-order valence-corrected chi connectivity index (χ1v) is 10.4. The summed E-state index contributed by atoms with van der Waals surface area (Å²) < 4.78 is 30.4. The Morgan fingerprint density at radius 2 is 1.96 bits per heavy atom. The number of hydrogen-bond acceptors (Lipinski definition) is 4. The third kappa shape index (κ3) is 3.48. The summed E-state index contributed by atoms with van der Waals surface area (Å²) >= 11 is 1.21. The van der Waals surface area contributed by atoms with Crippen molar-refractivity contribution in [3.8, 4) is 11.3 Å². The number of aryl methyl sites for hydroxylation is 1. The quantitative estimate of drug-likeness (QED) is 0.708. The van der Waals surface area contributed by atoms with Crippen LogP contribution in [0.25, 0.3) is 11.3 Å². The molecular formula is C18H21N3O2S2. The number of sulfonamides is 1. The molecule has 132 valence electrons. The molecule has 1 aromatic carbocycles. The lowest BCUT2D eigenvalue weighted by Crippen LogP contribution is -2.12. The normalized spacial score (nSPS) is 11.9. The van der Waals surface area contributed by atoms with E-state index in [2.05, 4.69) is 9.82 Å². The molecule has 0 bridgehead atoms. The van der Waals surface area contributed by atoms with Crippen molar-refractivity contribution in [2.45, 2.75) is 37.9 Å². The number of benzene rings is 1. The Morgan fingerprint density at radius 3 is 2.68 bits per heavy atom. The van der Waals surface area contributed by atoms with E-state index in [4.69, 9.17) is 0 Å². The van der Waals surface area contributed by atoms with Crippen LogP contribution in [0.15, 0.2) is 46.1 Å². The van der Waals surface area contributed by atoms with Gasteiger partial charge in [0.25, 0.3) is 10.0 Å². The molecular weight excluding hydrogens is 354 g/mol. The Kier molecular flexibility index (Phi) is 4.71. The van der Waals surface area contributed by atoms with Gasteiger partial charge in [-0.1, -0.05) is 12.1 Å². The van der Waals surface area contributed by atoms with Crippen molar-refractivity contribution in [3.63, 3.8) is 0 Å². The Morgan fingerprint density at radius 1 is 1.20 bits per heavy atom. The maximum atomic E-state index is 12.7. The van der Waals surface area contributed by atoms with E-state index >= 15 is 0 Å². The Balaban J connectivity index is 1.93. The van der Waals surface area contributed by atoms with Gasteiger partial charge in [-0.25, -0.2) is 8.42 Å². The second-order valence-corrected chi connectivity index (χ2v) is 9.08. The standard InChI is InChI=1S/C18H21N3O2S2/c1-12(2)21-17(8-9-19-21)15-10-18(24-11-15)25(22,23)20-16-7-5-6-13(3)14(16)4/h5-12,20H,1-4H3. The fourth-order valence-corrected chi connectivity index (χ4v) is 4.90. The number of aromatic nitrogens is 2. The van der Waals surface area contributed by atoms with Crippen LogP contribution in [0.5, 0.6) is 0 Å². The minimum absolute atomic E-state index is 0.207. The largest absolute Gasteiger partial charge is 0.279 e. The van der Waals surface area contributed by atoms with Crippen LogP contribution in [0.4, 0.5) is 5.69 Å².